The third-order valence-corrected chi connectivity index (χ3v) is 8.39. The summed E-state index contributed by atoms with van der Waals surface area (Å²) in [5.41, 5.74) is 3.30. The fourth-order valence-electron chi connectivity index (χ4n) is 4.95. The van der Waals surface area contributed by atoms with Crippen molar-refractivity contribution in [2.75, 3.05) is 5.01 Å². The minimum Gasteiger partial charge on any atom is -0.467 e. The molecule has 7 nitrogen and oxygen atoms in total. The summed E-state index contributed by atoms with van der Waals surface area (Å²) in [6, 6.07) is 13.0. The highest BCUT2D eigenvalue weighted by Crippen LogP contribution is 2.45. The number of hydrazone groups is 1. The van der Waals surface area contributed by atoms with Crippen LogP contribution in [0.5, 0.6) is 0 Å². The highest BCUT2D eigenvalue weighted by molar-refractivity contribution is 7.16. The Labute approximate surface area is 221 Å². The summed E-state index contributed by atoms with van der Waals surface area (Å²) < 4.78 is 5.38. The zero-order valence-corrected chi connectivity index (χ0v) is 22.5. The lowest BCUT2D eigenvalue weighted by Crippen LogP contribution is -2.28. The molecule has 0 radical (unpaired) electrons. The van der Waals surface area contributed by atoms with Gasteiger partial charge in [-0.05, 0) is 67.3 Å². The highest BCUT2D eigenvalue weighted by Gasteiger charge is 2.35. The summed E-state index contributed by atoms with van der Waals surface area (Å²) in [6.07, 6.45) is 6.05. The van der Waals surface area contributed by atoms with E-state index in [0.717, 1.165) is 30.5 Å². The molecule has 1 aliphatic heterocycles. The lowest BCUT2D eigenvalue weighted by molar-refractivity contribution is -0.118. The number of carbonyl (C=O) groups excluding carboxylic acids is 2. The lowest BCUT2D eigenvalue weighted by atomic mass is 9.72. The molecule has 0 bridgehead atoms. The first-order valence-electron chi connectivity index (χ1n) is 12.7. The molecule has 0 saturated carbocycles. The van der Waals surface area contributed by atoms with Crippen molar-refractivity contribution in [3.63, 3.8) is 0 Å². The summed E-state index contributed by atoms with van der Waals surface area (Å²) in [5.74, 6) is 0.356. The van der Waals surface area contributed by atoms with E-state index in [0.29, 0.717) is 34.5 Å². The van der Waals surface area contributed by atoms with E-state index < -0.39 is 5.92 Å². The van der Waals surface area contributed by atoms with Crippen molar-refractivity contribution in [3.05, 3.63) is 70.5 Å². The van der Waals surface area contributed by atoms with E-state index in [1.165, 1.54) is 9.89 Å². The molecule has 1 aromatic carbocycles. The molecular weight excluding hydrogens is 484 g/mol. The van der Waals surface area contributed by atoms with Crippen molar-refractivity contribution in [2.45, 2.75) is 53.5 Å². The van der Waals surface area contributed by atoms with Crippen molar-refractivity contribution in [3.8, 4) is 0 Å². The number of hydrogen-bond donors (Lipinski definition) is 1. The largest absolute Gasteiger partial charge is 0.467 e. The fraction of sp³-hybridized carbons (Fsp3) is 0.379. The first-order chi connectivity index (χ1) is 17.7. The Kier molecular flexibility index (Phi) is 6.86. The molecule has 1 N–H and O–H groups in total. The van der Waals surface area contributed by atoms with Gasteiger partial charge in [0.05, 0.1) is 29.8 Å². The predicted octanol–water partition coefficient (Wildman–Crippen LogP) is 6.16. The Balaban J connectivity index is 1.43. The van der Waals surface area contributed by atoms with Crippen LogP contribution in [0.4, 0.5) is 10.7 Å². The third-order valence-electron chi connectivity index (χ3n) is 7.23. The monoisotopic (exact) mass is 516 g/mol. The van der Waals surface area contributed by atoms with Crippen molar-refractivity contribution < 1.29 is 14.0 Å². The van der Waals surface area contributed by atoms with Gasteiger partial charge < -0.3 is 9.73 Å². The number of nitrogens with one attached hydrogen (secondary N) is 1. The number of thiophene rings is 1. The summed E-state index contributed by atoms with van der Waals surface area (Å²) in [7, 11) is 0. The van der Waals surface area contributed by atoms with Crippen molar-refractivity contribution in [2.24, 2.45) is 27.3 Å². The van der Waals surface area contributed by atoms with E-state index in [2.05, 4.69) is 31.2 Å². The third kappa shape index (κ3) is 5.16. The number of rotatable bonds is 6. The van der Waals surface area contributed by atoms with Crippen LogP contribution < -0.4 is 10.3 Å². The Morgan fingerprint density at radius 2 is 2.03 bits per heavy atom. The summed E-state index contributed by atoms with van der Waals surface area (Å²) >= 11 is 1.57. The van der Waals surface area contributed by atoms with Crippen LogP contribution in [-0.4, -0.2) is 23.7 Å². The zero-order valence-electron chi connectivity index (χ0n) is 21.7. The number of nitrogens with zero attached hydrogens (tertiary/aromatic N) is 3. The zero-order chi connectivity index (χ0) is 26.2. The van der Waals surface area contributed by atoms with Gasteiger partial charge in [0.2, 0.25) is 0 Å². The topological polar surface area (TPSA) is 87.3 Å². The van der Waals surface area contributed by atoms with Gasteiger partial charge in [-0.1, -0.05) is 39.0 Å². The Hall–Kier alpha value is -3.52. The quantitative estimate of drug-likeness (QED) is 0.398. The molecule has 192 valence electrons. The van der Waals surface area contributed by atoms with Crippen LogP contribution in [0.3, 0.4) is 0 Å². The molecule has 0 fully saturated rings. The number of fused-ring (bicyclic) bond motifs is 1. The number of amides is 2. The standard InChI is InChI=1S/C29H32N4O3S/c1-18-23(28(35)33(32-18)20-9-6-5-7-10-20)17-31-27-25(26(34)30-16-21-11-8-14-36-21)22-13-12-19(29(2,3)4)15-24(22)37-27/h5-11,14,17,19,23H,12-13,15-16H2,1-4H3,(H,30,34)/t19-,23-/m0/s1. The molecule has 0 unspecified atom stereocenters. The number of carbonyl (C=O) groups is 2. The van der Waals surface area contributed by atoms with Gasteiger partial charge in [0, 0.05) is 11.1 Å². The van der Waals surface area contributed by atoms with Gasteiger partial charge in [0.15, 0.2) is 0 Å². The number of aliphatic imine (C=N–C) groups is 1. The van der Waals surface area contributed by atoms with E-state index >= 15 is 0 Å². The summed E-state index contributed by atoms with van der Waals surface area (Å²) in [5, 5.41) is 9.54. The molecule has 3 heterocycles. The summed E-state index contributed by atoms with van der Waals surface area (Å²) in [6.45, 7) is 8.97. The maximum atomic E-state index is 13.4. The van der Waals surface area contributed by atoms with Crippen LogP contribution in [-0.2, 0) is 24.2 Å². The second-order valence-electron chi connectivity index (χ2n) is 10.7. The second kappa shape index (κ2) is 10.1. The molecule has 0 spiro atoms. The van der Waals surface area contributed by atoms with Crippen molar-refractivity contribution in [1.82, 2.24) is 5.32 Å². The first-order valence-corrected chi connectivity index (χ1v) is 13.5. The lowest BCUT2D eigenvalue weighted by Gasteiger charge is -2.33. The van der Waals surface area contributed by atoms with E-state index in [4.69, 9.17) is 9.41 Å². The van der Waals surface area contributed by atoms with E-state index in [1.807, 2.05) is 43.3 Å². The van der Waals surface area contributed by atoms with Gasteiger partial charge >= 0.3 is 0 Å². The maximum absolute atomic E-state index is 13.4. The van der Waals surface area contributed by atoms with Gasteiger partial charge in [0.25, 0.3) is 11.8 Å². The smallest absolute Gasteiger partial charge is 0.261 e. The molecule has 8 heteroatoms. The van der Waals surface area contributed by atoms with Crippen molar-refractivity contribution in [1.29, 1.82) is 0 Å². The van der Waals surface area contributed by atoms with Crippen LogP contribution in [0.15, 0.2) is 63.2 Å². The van der Waals surface area contributed by atoms with Gasteiger partial charge in [-0.2, -0.15) is 10.1 Å². The fourth-order valence-corrected chi connectivity index (χ4v) is 6.23. The molecule has 2 amide bonds. The maximum Gasteiger partial charge on any atom is 0.261 e. The molecule has 1 aliphatic carbocycles. The van der Waals surface area contributed by atoms with Crippen LogP contribution in [0.1, 0.15) is 60.7 Å². The molecule has 5 rings (SSSR count). The molecule has 2 aromatic heterocycles. The van der Waals surface area contributed by atoms with E-state index in [9.17, 15) is 9.59 Å². The molecule has 3 aromatic rings. The summed E-state index contributed by atoms with van der Waals surface area (Å²) in [4.78, 5) is 32.6. The minimum atomic E-state index is -0.569. The number of benzene rings is 1. The Morgan fingerprint density at radius 1 is 1.24 bits per heavy atom. The molecule has 0 saturated heterocycles. The molecule has 2 atom stereocenters. The van der Waals surface area contributed by atoms with Crippen LogP contribution >= 0.6 is 11.3 Å². The number of anilines is 1. The number of hydrogen-bond acceptors (Lipinski definition) is 6. The van der Waals surface area contributed by atoms with Gasteiger partial charge in [0.1, 0.15) is 16.7 Å². The predicted molar refractivity (Wildman–Crippen MR) is 148 cm³/mol. The number of para-hydroxylation sites is 1. The van der Waals surface area contributed by atoms with Gasteiger partial charge in [-0.3, -0.25) is 9.59 Å². The number of furan rings is 1. The highest BCUT2D eigenvalue weighted by atomic mass is 32.1. The first kappa shape index (κ1) is 25.1. The molecule has 2 aliphatic rings. The molecule has 37 heavy (non-hydrogen) atoms. The Morgan fingerprint density at radius 3 is 2.73 bits per heavy atom. The van der Waals surface area contributed by atoms with E-state index in [-0.39, 0.29) is 17.2 Å². The minimum absolute atomic E-state index is 0.148. The average molecular weight is 517 g/mol. The van der Waals surface area contributed by atoms with Crippen molar-refractivity contribution >= 4 is 45.8 Å². The van der Waals surface area contributed by atoms with Gasteiger partial charge in [-0.25, -0.2) is 4.99 Å². The second-order valence-corrected chi connectivity index (χ2v) is 11.8. The van der Waals surface area contributed by atoms with Crippen LogP contribution in [0, 0.1) is 17.3 Å². The van der Waals surface area contributed by atoms with E-state index in [1.54, 1.807) is 29.9 Å². The van der Waals surface area contributed by atoms with Gasteiger partial charge in [-0.15, -0.1) is 11.3 Å². The average Bonchev–Trinajstić information content (AvgIpc) is 3.59. The Bertz CT molecular complexity index is 1350. The van der Waals surface area contributed by atoms with Crippen LogP contribution in [0.2, 0.25) is 0 Å². The SMILES string of the molecule is CC1=NN(c2ccccc2)C(=O)[C@H]1C=Nc1sc2c(c1C(=O)NCc1ccco1)CC[C@H](C(C)(C)C)C2. The molecular formula is C29H32N4O3S. The normalized spacial score (nSPS) is 19.8. The van der Waals surface area contributed by atoms with Crippen LogP contribution in [0.25, 0.3) is 0 Å².